The molecule has 6 aromatic carbocycles. The van der Waals surface area contributed by atoms with Gasteiger partial charge in [-0.1, -0.05) is 97.1 Å². The van der Waals surface area contributed by atoms with Crippen LogP contribution in [0.25, 0.3) is 44.6 Å². The van der Waals surface area contributed by atoms with Gasteiger partial charge in [-0.2, -0.15) is 0 Å². The molecule has 0 aliphatic carbocycles. The Labute approximate surface area is 241 Å². The van der Waals surface area contributed by atoms with Crippen LogP contribution in [-0.2, 0) is 0 Å². The predicted molar refractivity (Wildman–Crippen MR) is 176 cm³/mol. The molecule has 0 saturated carbocycles. The third-order valence-corrected chi connectivity index (χ3v) is 7.71. The van der Waals surface area contributed by atoms with Crippen molar-refractivity contribution < 1.29 is 0 Å². The van der Waals surface area contributed by atoms with Crippen molar-refractivity contribution in [2.24, 2.45) is 0 Å². The van der Waals surface area contributed by atoms with E-state index < -0.39 is 0 Å². The standard InChI is InChI=1S/C39H30N2/c1-2-7-29-12-19-36(20-13-29)41(38-25-18-30-8-3-4-10-34(30)28-38)37-23-16-32(17-24-37)31-14-21-35(22-15-31)40-27-26-33-9-5-6-11-39(33)40/h2-28H,1H3. The first-order chi connectivity index (χ1) is 20.3. The second-order valence-corrected chi connectivity index (χ2v) is 10.3. The summed E-state index contributed by atoms with van der Waals surface area (Å²) in [5, 5.41) is 3.72. The van der Waals surface area contributed by atoms with Crippen molar-refractivity contribution in [3.05, 3.63) is 163 Å². The number of hydrogen-bond acceptors (Lipinski definition) is 1. The van der Waals surface area contributed by atoms with E-state index in [1.807, 2.05) is 6.92 Å². The van der Waals surface area contributed by atoms with E-state index in [1.165, 1.54) is 38.4 Å². The average Bonchev–Trinajstić information content (AvgIpc) is 3.47. The van der Waals surface area contributed by atoms with E-state index in [2.05, 4.69) is 173 Å². The molecule has 1 heterocycles. The van der Waals surface area contributed by atoms with Crippen LogP contribution in [0.2, 0.25) is 0 Å². The normalized spacial score (nSPS) is 11.4. The molecular weight excluding hydrogens is 496 g/mol. The van der Waals surface area contributed by atoms with Crippen LogP contribution >= 0.6 is 0 Å². The summed E-state index contributed by atoms with van der Waals surface area (Å²) < 4.78 is 2.24. The molecule has 0 radical (unpaired) electrons. The zero-order chi connectivity index (χ0) is 27.6. The number of para-hydroxylation sites is 1. The number of allylic oxidation sites excluding steroid dienone is 1. The molecular formula is C39H30N2. The topological polar surface area (TPSA) is 8.17 Å². The molecule has 0 spiro atoms. The van der Waals surface area contributed by atoms with Crippen molar-refractivity contribution >= 4 is 44.8 Å². The molecule has 2 nitrogen and oxygen atoms in total. The highest BCUT2D eigenvalue weighted by molar-refractivity contribution is 5.89. The Morgan fingerprint density at radius 1 is 0.512 bits per heavy atom. The molecule has 0 atom stereocenters. The van der Waals surface area contributed by atoms with Crippen LogP contribution in [0.15, 0.2) is 158 Å². The van der Waals surface area contributed by atoms with Crippen LogP contribution in [0.3, 0.4) is 0 Å². The zero-order valence-corrected chi connectivity index (χ0v) is 23.0. The van der Waals surface area contributed by atoms with Gasteiger partial charge in [0, 0.05) is 28.9 Å². The van der Waals surface area contributed by atoms with Crippen molar-refractivity contribution in [3.8, 4) is 16.8 Å². The lowest BCUT2D eigenvalue weighted by Gasteiger charge is -2.26. The molecule has 0 aliphatic heterocycles. The van der Waals surface area contributed by atoms with Gasteiger partial charge in [-0.15, -0.1) is 0 Å². The summed E-state index contributed by atoms with van der Waals surface area (Å²) in [6.07, 6.45) is 6.34. The van der Waals surface area contributed by atoms with Crippen LogP contribution in [-0.4, -0.2) is 4.57 Å². The van der Waals surface area contributed by atoms with Crippen LogP contribution in [0.4, 0.5) is 17.1 Å². The molecule has 0 N–H and O–H groups in total. The first kappa shape index (κ1) is 24.7. The molecule has 0 amide bonds. The maximum absolute atomic E-state index is 2.33. The second kappa shape index (κ2) is 10.7. The van der Waals surface area contributed by atoms with Gasteiger partial charge in [0.25, 0.3) is 0 Å². The Balaban J connectivity index is 1.23. The number of fused-ring (bicyclic) bond motifs is 2. The number of aromatic nitrogens is 1. The smallest absolute Gasteiger partial charge is 0.0528 e. The molecule has 2 heteroatoms. The number of anilines is 3. The number of hydrogen-bond donors (Lipinski definition) is 0. The van der Waals surface area contributed by atoms with E-state index in [4.69, 9.17) is 0 Å². The predicted octanol–water partition coefficient (Wildman–Crippen LogP) is 11.0. The minimum atomic E-state index is 1.12. The lowest BCUT2D eigenvalue weighted by molar-refractivity contribution is 1.13. The molecule has 0 aliphatic rings. The zero-order valence-electron chi connectivity index (χ0n) is 23.0. The summed E-state index contributed by atoms with van der Waals surface area (Å²) in [7, 11) is 0. The van der Waals surface area contributed by atoms with Crippen LogP contribution in [0.5, 0.6) is 0 Å². The number of benzene rings is 6. The Bertz CT molecular complexity index is 1980. The van der Waals surface area contributed by atoms with Crippen molar-refractivity contribution in [3.63, 3.8) is 0 Å². The van der Waals surface area contributed by atoms with E-state index >= 15 is 0 Å². The van der Waals surface area contributed by atoms with Crippen molar-refractivity contribution in [1.29, 1.82) is 0 Å². The molecule has 1 aromatic heterocycles. The largest absolute Gasteiger partial charge is 0.317 e. The third kappa shape index (κ3) is 4.81. The first-order valence-electron chi connectivity index (χ1n) is 14.1. The molecule has 0 fully saturated rings. The highest BCUT2D eigenvalue weighted by Crippen LogP contribution is 2.37. The minimum Gasteiger partial charge on any atom is -0.317 e. The summed E-state index contributed by atoms with van der Waals surface area (Å²) in [6, 6.07) is 52.3. The lowest BCUT2D eigenvalue weighted by atomic mass is 10.0. The first-order valence-corrected chi connectivity index (χ1v) is 14.1. The van der Waals surface area contributed by atoms with E-state index in [1.54, 1.807) is 0 Å². The van der Waals surface area contributed by atoms with Crippen molar-refractivity contribution in [2.75, 3.05) is 4.90 Å². The molecule has 7 aromatic rings. The van der Waals surface area contributed by atoms with Crippen LogP contribution in [0.1, 0.15) is 12.5 Å². The SMILES string of the molecule is CC=Cc1ccc(N(c2ccc(-c3ccc(-n4ccc5ccccc54)cc3)cc2)c2ccc3ccccc3c2)cc1. The van der Waals surface area contributed by atoms with Gasteiger partial charge < -0.3 is 9.47 Å². The van der Waals surface area contributed by atoms with Crippen LogP contribution < -0.4 is 4.90 Å². The van der Waals surface area contributed by atoms with Crippen molar-refractivity contribution in [1.82, 2.24) is 4.57 Å². The van der Waals surface area contributed by atoms with Gasteiger partial charge in [0.15, 0.2) is 0 Å². The van der Waals surface area contributed by atoms with Crippen molar-refractivity contribution in [2.45, 2.75) is 6.92 Å². The van der Waals surface area contributed by atoms with Gasteiger partial charge in [0.05, 0.1) is 5.52 Å². The minimum absolute atomic E-state index is 1.12. The maximum Gasteiger partial charge on any atom is 0.0528 e. The fraction of sp³-hybridized carbons (Fsp3) is 0.0256. The highest BCUT2D eigenvalue weighted by atomic mass is 15.1. The summed E-state index contributed by atoms with van der Waals surface area (Å²) in [4.78, 5) is 2.33. The van der Waals surface area contributed by atoms with Gasteiger partial charge in [-0.3, -0.25) is 0 Å². The fourth-order valence-corrected chi connectivity index (χ4v) is 5.62. The lowest BCUT2D eigenvalue weighted by Crippen LogP contribution is -2.09. The monoisotopic (exact) mass is 526 g/mol. The molecule has 196 valence electrons. The fourth-order valence-electron chi connectivity index (χ4n) is 5.62. The van der Waals surface area contributed by atoms with Crippen LogP contribution in [0, 0.1) is 0 Å². The second-order valence-electron chi connectivity index (χ2n) is 10.3. The Morgan fingerprint density at radius 2 is 1.10 bits per heavy atom. The quantitative estimate of drug-likeness (QED) is 0.209. The van der Waals surface area contributed by atoms with Gasteiger partial charge in [-0.25, -0.2) is 0 Å². The summed E-state index contributed by atoms with van der Waals surface area (Å²) in [5.41, 5.74) is 9.36. The third-order valence-electron chi connectivity index (χ3n) is 7.71. The average molecular weight is 527 g/mol. The molecule has 0 bridgehead atoms. The van der Waals surface area contributed by atoms with E-state index in [-0.39, 0.29) is 0 Å². The Kier molecular flexibility index (Phi) is 6.42. The number of rotatable bonds is 6. The van der Waals surface area contributed by atoms with E-state index in [0.29, 0.717) is 0 Å². The highest BCUT2D eigenvalue weighted by Gasteiger charge is 2.14. The molecule has 7 rings (SSSR count). The number of nitrogens with zero attached hydrogens (tertiary/aromatic N) is 2. The van der Waals surface area contributed by atoms with E-state index in [0.717, 1.165) is 22.7 Å². The van der Waals surface area contributed by atoms with Gasteiger partial charge in [0.1, 0.15) is 0 Å². The summed E-state index contributed by atoms with van der Waals surface area (Å²) >= 11 is 0. The van der Waals surface area contributed by atoms with Gasteiger partial charge in [-0.05, 0) is 100 Å². The molecule has 41 heavy (non-hydrogen) atoms. The Morgan fingerprint density at radius 3 is 1.80 bits per heavy atom. The molecule has 0 unspecified atom stereocenters. The van der Waals surface area contributed by atoms with Gasteiger partial charge >= 0.3 is 0 Å². The Hall–Kier alpha value is -5.34. The maximum atomic E-state index is 2.33. The van der Waals surface area contributed by atoms with Gasteiger partial charge in [0.2, 0.25) is 0 Å². The summed E-state index contributed by atoms with van der Waals surface area (Å²) in [5.74, 6) is 0. The molecule has 0 saturated heterocycles. The van der Waals surface area contributed by atoms with E-state index in [9.17, 15) is 0 Å². The summed E-state index contributed by atoms with van der Waals surface area (Å²) in [6.45, 7) is 2.05.